The molecule has 1 saturated heterocycles. The van der Waals surface area contributed by atoms with Crippen molar-refractivity contribution in [1.29, 1.82) is 0 Å². The molecule has 1 N–H and O–H groups in total. The van der Waals surface area contributed by atoms with Crippen LogP contribution in [0.5, 0.6) is 0 Å². The van der Waals surface area contributed by atoms with Crippen molar-refractivity contribution in [2.24, 2.45) is 5.92 Å². The minimum atomic E-state index is -0.887. The van der Waals surface area contributed by atoms with E-state index in [1.165, 1.54) is 5.56 Å². The van der Waals surface area contributed by atoms with Gasteiger partial charge < -0.3 is 9.84 Å². The molecular weight excluding hydrogens is 318 g/mol. The standard InChI is InChI=1S/C20H27NO4/c1-5-17(15-8-6-14(7-9-15)10-13(2)3)20(24)25-16-11-18(19(22)23)21(4)12-16/h5-9,13,16-18H,1,10-12H2,2-4H3,(H,22,23)/t16-,17?,18?/m1/s1. The van der Waals surface area contributed by atoms with Gasteiger partial charge in [0.05, 0.1) is 5.92 Å². The maximum absolute atomic E-state index is 12.5. The van der Waals surface area contributed by atoms with Crippen LogP contribution in [-0.4, -0.2) is 47.7 Å². The van der Waals surface area contributed by atoms with Crippen molar-refractivity contribution in [2.75, 3.05) is 13.6 Å². The van der Waals surface area contributed by atoms with E-state index in [9.17, 15) is 9.59 Å². The SMILES string of the molecule is C=CC(C(=O)O[C@@H]1CC(C(=O)O)N(C)C1)c1ccc(CC(C)C)cc1. The van der Waals surface area contributed by atoms with Crippen molar-refractivity contribution in [3.8, 4) is 0 Å². The zero-order valence-corrected chi connectivity index (χ0v) is 15.1. The van der Waals surface area contributed by atoms with E-state index in [2.05, 4.69) is 20.4 Å². The molecule has 2 unspecified atom stereocenters. The summed E-state index contributed by atoms with van der Waals surface area (Å²) in [6, 6.07) is 7.33. The molecule has 5 heteroatoms. The third kappa shape index (κ3) is 4.92. The van der Waals surface area contributed by atoms with Gasteiger partial charge in [-0.1, -0.05) is 44.2 Å². The van der Waals surface area contributed by atoms with Crippen molar-refractivity contribution in [1.82, 2.24) is 4.90 Å². The zero-order valence-electron chi connectivity index (χ0n) is 15.1. The minimum Gasteiger partial charge on any atom is -0.480 e. The predicted molar refractivity (Wildman–Crippen MR) is 96.5 cm³/mol. The van der Waals surface area contributed by atoms with Crippen LogP contribution in [0.4, 0.5) is 0 Å². The molecule has 0 aromatic heterocycles. The number of aliphatic carboxylic acids is 1. The van der Waals surface area contributed by atoms with Crippen molar-refractivity contribution >= 4 is 11.9 Å². The zero-order chi connectivity index (χ0) is 18.6. The Kier molecular flexibility index (Phi) is 6.37. The van der Waals surface area contributed by atoms with Gasteiger partial charge >= 0.3 is 11.9 Å². The first-order valence-electron chi connectivity index (χ1n) is 8.66. The summed E-state index contributed by atoms with van der Waals surface area (Å²) in [5, 5.41) is 9.16. The van der Waals surface area contributed by atoms with Crippen LogP contribution in [0.2, 0.25) is 0 Å². The van der Waals surface area contributed by atoms with Crippen LogP contribution < -0.4 is 0 Å². The molecule has 1 aliphatic rings. The van der Waals surface area contributed by atoms with Crippen molar-refractivity contribution < 1.29 is 19.4 Å². The monoisotopic (exact) mass is 345 g/mol. The van der Waals surface area contributed by atoms with Crippen LogP contribution in [0.15, 0.2) is 36.9 Å². The van der Waals surface area contributed by atoms with E-state index in [1.54, 1.807) is 18.0 Å². The number of carbonyl (C=O) groups is 2. The summed E-state index contributed by atoms with van der Waals surface area (Å²) in [6.07, 6.45) is 2.48. The Bertz CT molecular complexity index is 623. The van der Waals surface area contributed by atoms with Crippen LogP contribution in [0.3, 0.4) is 0 Å². The molecule has 0 aliphatic carbocycles. The highest BCUT2D eigenvalue weighted by Crippen LogP contribution is 2.24. The lowest BCUT2D eigenvalue weighted by Crippen LogP contribution is -2.32. The van der Waals surface area contributed by atoms with Crippen LogP contribution in [0.25, 0.3) is 0 Å². The van der Waals surface area contributed by atoms with Crippen LogP contribution in [0, 0.1) is 5.92 Å². The highest BCUT2D eigenvalue weighted by atomic mass is 16.5. The van der Waals surface area contributed by atoms with Gasteiger partial charge in [-0.2, -0.15) is 0 Å². The average molecular weight is 345 g/mol. The van der Waals surface area contributed by atoms with Gasteiger partial charge in [-0.3, -0.25) is 14.5 Å². The fraction of sp³-hybridized carbons (Fsp3) is 0.500. The van der Waals surface area contributed by atoms with Crippen molar-refractivity contribution in [2.45, 2.75) is 44.8 Å². The number of hydrogen-bond acceptors (Lipinski definition) is 4. The third-order valence-electron chi connectivity index (χ3n) is 4.55. The van der Waals surface area contributed by atoms with Gasteiger partial charge in [-0.25, -0.2) is 0 Å². The normalized spacial score (nSPS) is 21.9. The molecule has 1 heterocycles. The number of likely N-dealkylation sites (tertiary alicyclic amines) is 1. The van der Waals surface area contributed by atoms with E-state index in [0.29, 0.717) is 18.9 Å². The first kappa shape index (κ1) is 19.2. The molecule has 1 aliphatic heterocycles. The molecule has 1 aromatic rings. The fourth-order valence-corrected chi connectivity index (χ4v) is 3.27. The van der Waals surface area contributed by atoms with Gasteiger partial charge in [0.25, 0.3) is 0 Å². The Morgan fingerprint density at radius 1 is 1.36 bits per heavy atom. The molecule has 1 aromatic carbocycles. The molecule has 2 rings (SSSR count). The third-order valence-corrected chi connectivity index (χ3v) is 4.55. The van der Waals surface area contributed by atoms with Crippen molar-refractivity contribution in [3.05, 3.63) is 48.0 Å². The topological polar surface area (TPSA) is 66.8 Å². The number of rotatable bonds is 7. The Morgan fingerprint density at radius 2 is 2.00 bits per heavy atom. The molecule has 0 amide bonds. The van der Waals surface area contributed by atoms with E-state index in [4.69, 9.17) is 9.84 Å². The average Bonchev–Trinajstić information content (AvgIpc) is 2.90. The molecule has 0 spiro atoms. The number of carbonyl (C=O) groups excluding carboxylic acids is 1. The van der Waals surface area contributed by atoms with E-state index in [-0.39, 0.29) is 5.97 Å². The number of hydrogen-bond donors (Lipinski definition) is 1. The summed E-state index contributed by atoms with van der Waals surface area (Å²) in [5.41, 5.74) is 2.07. The molecule has 25 heavy (non-hydrogen) atoms. The Balaban J connectivity index is 2.01. The largest absolute Gasteiger partial charge is 0.480 e. The number of esters is 1. The fourth-order valence-electron chi connectivity index (χ4n) is 3.27. The summed E-state index contributed by atoms with van der Waals surface area (Å²) < 4.78 is 5.55. The second-order valence-electron chi connectivity index (χ2n) is 7.14. The quantitative estimate of drug-likeness (QED) is 0.608. The maximum atomic E-state index is 12.5. The lowest BCUT2D eigenvalue weighted by molar-refractivity contribution is -0.149. The lowest BCUT2D eigenvalue weighted by Gasteiger charge is -2.17. The number of nitrogens with zero attached hydrogens (tertiary/aromatic N) is 1. The summed E-state index contributed by atoms with van der Waals surface area (Å²) in [6.45, 7) is 8.52. The van der Waals surface area contributed by atoms with Crippen LogP contribution in [-0.2, 0) is 20.7 Å². The van der Waals surface area contributed by atoms with E-state index >= 15 is 0 Å². The maximum Gasteiger partial charge on any atom is 0.321 e. The molecular formula is C20H27NO4. The molecule has 3 atom stereocenters. The highest BCUT2D eigenvalue weighted by molar-refractivity contribution is 5.81. The minimum absolute atomic E-state index is 0.314. The van der Waals surface area contributed by atoms with E-state index in [1.807, 2.05) is 24.3 Å². The molecule has 0 radical (unpaired) electrons. The second kappa shape index (κ2) is 8.30. The van der Waals surface area contributed by atoms with Crippen LogP contribution >= 0.6 is 0 Å². The summed E-state index contributed by atoms with van der Waals surface area (Å²) in [5.74, 6) is -1.23. The number of carboxylic acid groups (broad SMARTS) is 1. The summed E-state index contributed by atoms with van der Waals surface area (Å²) in [7, 11) is 1.73. The van der Waals surface area contributed by atoms with Crippen molar-refractivity contribution in [3.63, 3.8) is 0 Å². The van der Waals surface area contributed by atoms with Gasteiger partial charge in [0, 0.05) is 13.0 Å². The Labute approximate surface area is 149 Å². The van der Waals surface area contributed by atoms with Gasteiger partial charge in [0.2, 0.25) is 0 Å². The smallest absolute Gasteiger partial charge is 0.321 e. The predicted octanol–water partition coefficient (Wildman–Crippen LogP) is 2.86. The highest BCUT2D eigenvalue weighted by Gasteiger charge is 2.37. The molecule has 1 fully saturated rings. The first-order chi connectivity index (χ1) is 11.8. The molecule has 0 bridgehead atoms. The second-order valence-corrected chi connectivity index (χ2v) is 7.14. The lowest BCUT2D eigenvalue weighted by atomic mass is 9.95. The van der Waals surface area contributed by atoms with Gasteiger partial charge in [-0.05, 0) is 30.5 Å². The first-order valence-corrected chi connectivity index (χ1v) is 8.66. The number of benzene rings is 1. The summed E-state index contributed by atoms with van der Waals surface area (Å²) >= 11 is 0. The molecule has 0 saturated carbocycles. The summed E-state index contributed by atoms with van der Waals surface area (Å²) in [4.78, 5) is 25.4. The number of ether oxygens (including phenoxy) is 1. The van der Waals surface area contributed by atoms with E-state index in [0.717, 1.165) is 12.0 Å². The van der Waals surface area contributed by atoms with E-state index < -0.39 is 24.0 Å². The molecule has 136 valence electrons. The Morgan fingerprint density at radius 3 is 2.48 bits per heavy atom. The Hall–Kier alpha value is -2.14. The van der Waals surface area contributed by atoms with Gasteiger partial charge in [-0.15, -0.1) is 6.58 Å². The molecule has 5 nitrogen and oxygen atoms in total. The van der Waals surface area contributed by atoms with Gasteiger partial charge in [0.1, 0.15) is 12.1 Å². The number of likely N-dealkylation sites (N-methyl/N-ethyl adjacent to an activating group) is 1. The number of carboxylic acids is 1. The van der Waals surface area contributed by atoms with Gasteiger partial charge in [0.15, 0.2) is 0 Å². The van der Waals surface area contributed by atoms with Crippen LogP contribution in [0.1, 0.15) is 37.3 Å².